The number of nitrogens with one attached hydrogen (secondary N) is 1. The maximum Gasteiger partial charge on any atom is 0.176 e. The fourth-order valence-corrected chi connectivity index (χ4v) is 3.76. The maximum absolute atomic E-state index is 4.48. The monoisotopic (exact) mass is 284 g/mol. The summed E-state index contributed by atoms with van der Waals surface area (Å²) < 4.78 is 1.82. The molecule has 0 saturated heterocycles. The van der Waals surface area contributed by atoms with Crippen molar-refractivity contribution in [1.29, 1.82) is 0 Å². The Bertz CT molecular complexity index is 589. The molecule has 2 aromatic heterocycles. The van der Waals surface area contributed by atoms with Gasteiger partial charge in [0, 0.05) is 24.6 Å². The molecule has 2 aromatic rings. The summed E-state index contributed by atoms with van der Waals surface area (Å²) in [5, 5.41) is 8.00. The summed E-state index contributed by atoms with van der Waals surface area (Å²) >= 11 is 0. The maximum atomic E-state index is 4.48. The Balaban J connectivity index is 1.82. The van der Waals surface area contributed by atoms with Crippen LogP contribution in [0.2, 0.25) is 0 Å². The number of aromatic nitrogens is 3. The van der Waals surface area contributed by atoms with Crippen molar-refractivity contribution in [3.63, 3.8) is 0 Å². The topological polar surface area (TPSA) is 42.7 Å². The van der Waals surface area contributed by atoms with E-state index in [2.05, 4.69) is 42.2 Å². The summed E-state index contributed by atoms with van der Waals surface area (Å²) in [5.74, 6) is 1.63. The van der Waals surface area contributed by atoms with Gasteiger partial charge >= 0.3 is 0 Å². The molecule has 0 radical (unpaired) electrons. The lowest BCUT2D eigenvalue weighted by molar-refractivity contribution is 0.178. The van der Waals surface area contributed by atoms with Crippen LogP contribution in [-0.4, -0.2) is 20.8 Å². The molecule has 4 heteroatoms. The summed E-state index contributed by atoms with van der Waals surface area (Å²) in [4.78, 5) is 4.48. The third-order valence-corrected chi connectivity index (χ3v) is 4.25. The van der Waals surface area contributed by atoms with Gasteiger partial charge in [0.2, 0.25) is 0 Å². The van der Waals surface area contributed by atoms with E-state index >= 15 is 0 Å². The molecule has 3 rings (SSSR count). The highest BCUT2D eigenvalue weighted by Gasteiger charge is 2.32. The molecule has 0 spiro atoms. The summed E-state index contributed by atoms with van der Waals surface area (Å²) in [6.07, 6.45) is 9.26. The lowest BCUT2D eigenvalue weighted by Gasteiger charge is -2.39. The van der Waals surface area contributed by atoms with Gasteiger partial charge < -0.3 is 5.32 Å². The molecule has 4 nitrogen and oxygen atoms in total. The van der Waals surface area contributed by atoms with Gasteiger partial charge in [-0.2, -0.15) is 5.10 Å². The number of rotatable bonds is 3. The second kappa shape index (κ2) is 5.51. The molecule has 1 aliphatic carbocycles. The van der Waals surface area contributed by atoms with Gasteiger partial charge in [-0.05, 0) is 48.8 Å². The van der Waals surface area contributed by atoms with Crippen LogP contribution < -0.4 is 5.32 Å². The molecule has 0 aromatic carbocycles. The molecule has 1 N–H and O–H groups in total. The van der Waals surface area contributed by atoms with Crippen LogP contribution in [0.15, 0.2) is 36.8 Å². The molecule has 1 fully saturated rings. The summed E-state index contributed by atoms with van der Waals surface area (Å²) in [5.41, 5.74) is 1.47. The van der Waals surface area contributed by atoms with Crippen molar-refractivity contribution < 1.29 is 0 Å². The van der Waals surface area contributed by atoms with E-state index in [1.54, 1.807) is 6.20 Å². The van der Waals surface area contributed by atoms with Crippen molar-refractivity contribution in [2.24, 2.45) is 11.3 Å². The lowest BCUT2D eigenvalue weighted by Crippen LogP contribution is -2.35. The van der Waals surface area contributed by atoms with E-state index in [9.17, 15) is 0 Å². The van der Waals surface area contributed by atoms with Crippen molar-refractivity contribution in [2.75, 3.05) is 5.32 Å². The molecular weight excluding hydrogens is 260 g/mol. The van der Waals surface area contributed by atoms with E-state index < -0.39 is 0 Å². The van der Waals surface area contributed by atoms with Crippen molar-refractivity contribution in [3.8, 4) is 5.82 Å². The van der Waals surface area contributed by atoms with Gasteiger partial charge in [0.15, 0.2) is 5.82 Å². The molecule has 1 saturated carbocycles. The van der Waals surface area contributed by atoms with Crippen molar-refractivity contribution in [2.45, 2.75) is 46.1 Å². The fraction of sp³-hybridized carbons (Fsp3) is 0.529. The van der Waals surface area contributed by atoms with Gasteiger partial charge in [-0.15, -0.1) is 0 Å². The Morgan fingerprint density at radius 1 is 1.24 bits per heavy atom. The predicted molar refractivity (Wildman–Crippen MR) is 85.6 cm³/mol. The van der Waals surface area contributed by atoms with Gasteiger partial charge in [-0.25, -0.2) is 9.67 Å². The first-order valence-corrected chi connectivity index (χ1v) is 7.75. The van der Waals surface area contributed by atoms with Gasteiger partial charge in [0.05, 0.1) is 5.69 Å². The van der Waals surface area contributed by atoms with Crippen molar-refractivity contribution in [1.82, 2.24) is 14.8 Å². The Kier molecular flexibility index (Phi) is 3.70. The van der Waals surface area contributed by atoms with Crippen LogP contribution in [0.4, 0.5) is 5.69 Å². The number of pyridine rings is 1. The smallest absolute Gasteiger partial charge is 0.176 e. The highest BCUT2D eigenvalue weighted by Crippen LogP contribution is 2.39. The first kappa shape index (κ1) is 14.1. The Hall–Kier alpha value is -1.84. The summed E-state index contributed by atoms with van der Waals surface area (Å²) in [6, 6.07) is 6.50. The van der Waals surface area contributed by atoms with Gasteiger partial charge in [-0.1, -0.05) is 20.8 Å². The van der Waals surface area contributed by atoms with Crippen molar-refractivity contribution in [3.05, 3.63) is 36.8 Å². The SMILES string of the molecule is CC1CC(Nc2cccnc2-n2cccn2)CC(C)(C)C1. The molecule has 1 aliphatic rings. The standard InChI is InChI=1S/C17H24N4/c1-13-10-14(12-17(2,3)11-13)20-15-6-4-7-18-16(15)21-9-5-8-19-21/h4-9,13-14,20H,10-12H2,1-3H3. The highest BCUT2D eigenvalue weighted by molar-refractivity contribution is 5.56. The normalized spacial score (nSPS) is 24.7. The van der Waals surface area contributed by atoms with E-state index in [0.717, 1.165) is 17.4 Å². The molecule has 2 atom stereocenters. The van der Waals surface area contributed by atoms with E-state index in [1.807, 2.05) is 29.2 Å². The Labute approximate surface area is 126 Å². The van der Waals surface area contributed by atoms with E-state index in [1.165, 1.54) is 19.3 Å². The second-order valence-corrected chi connectivity index (χ2v) is 7.08. The lowest BCUT2D eigenvalue weighted by atomic mass is 9.70. The number of hydrogen-bond acceptors (Lipinski definition) is 3. The van der Waals surface area contributed by atoms with E-state index in [4.69, 9.17) is 0 Å². The van der Waals surface area contributed by atoms with Crippen LogP contribution >= 0.6 is 0 Å². The molecule has 2 unspecified atom stereocenters. The van der Waals surface area contributed by atoms with Crippen LogP contribution in [0.5, 0.6) is 0 Å². The highest BCUT2D eigenvalue weighted by atomic mass is 15.3. The molecular formula is C17H24N4. The summed E-state index contributed by atoms with van der Waals surface area (Å²) in [6.45, 7) is 7.09. The molecule has 0 amide bonds. The van der Waals surface area contributed by atoms with E-state index in [0.29, 0.717) is 11.5 Å². The third-order valence-electron chi connectivity index (χ3n) is 4.25. The van der Waals surface area contributed by atoms with Crippen LogP contribution in [0.25, 0.3) is 5.82 Å². The van der Waals surface area contributed by atoms with Crippen LogP contribution in [-0.2, 0) is 0 Å². The first-order valence-electron chi connectivity index (χ1n) is 7.75. The first-order chi connectivity index (χ1) is 10.0. The van der Waals surface area contributed by atoms with Gasteiger partial charge in [0.25, 0.3) is 0 Å². The van der Waals surface area contributed by atoms with Crippen molar-refractivity contribution >= 4 is 5.69 Å². The molecule has 21 heavy (non-hydrogen) atoms. The number of hydrogen-bond donors (Lipinski definition) is 1. The quantitative estimate of drug-likeness (QED) is 0.929. The Morgan fingerprint density at radius 2 is 2.10 bits per heavy atom. The minimum absolute atomic E-state index is 0.406. The largest absolute Gasteiger partial charge is 0.379 e. The minimum atomic E-state index is 0.406. The second-order valence-electron chi connectivity index (χ2n) is 7.08. The molecule has 112 valence electrons. The Morgan fingerprint density at radius 3 is 2.81 bits per heavy atom. The average Bonchev–Trinajstić information content (AvgIpc) is 2.90. The zero-order valence-electron chi connectivity index (χ0n) is 13.1. The molecule has 2 heterocycles. The van der Waals surface area contributed by atoms with Gasteiger partial charge in [0.1, 0.15) is 0 Å². The molecule has 0 aliphatic heterocycles. The molecule has 0 bridgehead atoms. The fourth-order valence-electron chi connectivity index (χ4n) is 3.76. The van der Waals surface area contributed by atoms with E-state index in [-0.39, 0.29) is 0 Å². The predicted octanol–water partition coefficient (Wildman–Crippen LogP) is 3.89. The van der Waals surface area contributed by atoms with Crippen LogP contribution in [0.3, 0.4) is 0 Å². The van der Waals surface area contributed by atoms with Crippen LogP contribution in [0.1, 0.15) is 40.0 Å². The minimum Gasteiger partial charge on any atom is -0.379 e. The number of nitrogens with zero attached hydrogens (tertiary/aromatic N) is 3. The van der Waals surface area contributed by atoms with Gasteiger partial charge in [-0.3, -0.25) is 0 Å². The third kappa shape index (κ3) is 3.26. The average molecular weight is 284 g/mol. The zero-order valence-corrected chi connectivity index (χ0v) is 13.1. The number of anilines is 1. The van der Waals surface area contributed by atoms with Crippen LogP contribution in [0, 0.1) is 11.3 Å². The zero-order chi connectivity index (χ0) is 14.9. The summed E-state index contributed by atoms with van der Waals surface area (Å²) in [7, 11) is 0.